The third-order valence-electron chi connectivity index (χ3n) is 13.9. The molecule has 64 heavy (non-hydrogen) atoms. The van der Waals surface area contributed by atoms with Crippen molar-refractivity contribution in [1.29, 1.82) is 0 Å². The van der Waals surface area contributed by atoms with Crippen molar-refractivity contribution in [2.45, 2.75) is 139 Å². The monoisotopic (exact) mass is 879 g/mol. The summed E-state index contributed by atoms with van der Waals surface area (Å²) in [6, 6.07) is 0. The van der Waals surface area contributed by atoms with Gasteiger partial charge in [0, 0.05) is 12.0 Å². The zero-order chi connectivity index (χ0) is 45.5. The first-order valence-corrected chi connectivity index (χ1v) is 23.6. The molecule has 0 N–H and O–H groups in total. The number of rotatable bonds is 20. The molecule has 5 atom stereocenters. The van der Waals surface area contributed by atoms with Crippen LogP contribution in [0.2, 0.25) is 0 Å². The number of hydrogen-bond acceptors (Lipinski definition) is 5. The van der Waals surface area contributed by atoms with Crippen LogP contribution in [0.25, 0.3) is 35.2 Å². The Morgan fingerprint density at radius 2 is 1.48 bits per heavy atom. The molecule has 1 saturated heterocycles. The average Bonchev–Trinajstić information content (AvgIpc) is 3.99. The normalized spacial score (nSPS) is 21.6. The van der Waals surface area contributed by atoms with Gasteiger partial charge in [-0.1, -0.05) is 157 Å². The summed E-state index contributed by atoms with van der Waals surface area (Å²) < 4.78 is 11.0. The van der Waals surface area contributed by atoms with E-state index < -0.39 is 11.9 Å². The Hall–Kier alpha value is -4.28. The standard InChI is InChI=1S/C54H71N4O5.Mg/c1-12-38-34(7)41-28-43-36(9)40(25-26-47(59)63-27-17-15-14-16-21-32(5)23-19-24-33(6)22-18-20-31(3)4)51(57-43)49-50(54(61)62-11)53(60)48-37(10)44(58-52(48)49)30-46-39(13-2)35(8)42(56-46)29-45(38)55-41;/h12,15,17,28-33,36,40,50H,1,13-14,16,18-27H2,2-11H3,(H-,57,58,60);/q-3;+2/p-1/b17-15+,42-29-,43-28-,46-30-;/t32-,33+,36-,40-,50+;/m0./s1. The van der Waals surface area contributed by atoms with E-state index in [0.717, 1.165) is 87.1 Å². The van der Waals surface area contributed by atoms with E-state index in [0.29, 0.717) is 40.2 Å². The number of allylic oxidation sites excluding steroid dienone is 3. The molecule has 340 valence electrons. The smallest absolute Gasteiger partial charge is 0.664 e. The second kappa shape index (κ2) is 22.8. The predicted octanol–water partition coefficient (Wildman–Crippen LogP) is 9.98. The summed E-state index contributed by atoms with van der Waals surface area (Å²) in [7, 11) is 1.29. The van der Waals surface area contributed by atoms with Crippen LogP contribution in [0.3, 0.4) is 0 Å². The number of Topliss-reactive ketones (excluding diaryl/α,β-unsaturated/α-hetero) is 1. The number of ether oxygens (including phenoxy) is 2. The summed E-state index contributed by atoms with van der Waals surface area (Å²) in [6.45, 7) is 23.9. The first-order chi connectivity index (χ1) is 30.2. The van der Waals surface area contributed by atoms with E-state index in [4.69, 9.17) is 29.7 Å². The first-order valence-electron chi connectivity index (χ1n) is 23.6. The third-order valence-corrected chi connectivity index (χ3v) is 13.9. The molecule has 0 saturated carbocycles. The van der Waals surface area contributed by atoms with Crippen molar-refractivity contribution in [2.75, 3.05) is 13.7 Å². The number of hydrogen-bond donors (Lipinski definition) is 0. The van der Waals surface area contributed by atoms with Gasteiger partial charge in [-0.2, -0.15) is 11.4 Å². The Bertz CT molecular complexity index is 2400. The van der Waals surface area contributed by atoms with Gasteiger partial charge in [0.25, 0.3) is 0 Å². The first kappa shape index (κ1) is 50.7. The van der Waals surface area contributed by atoms with Crippen molar-refractivity contribution in [3.63, 3.8) is 0 Å². The second-order valence-corrected chi connectivity index (χ2v) is 18.9. The number of ketones is 1. The minimum absolute atomic E-state index is 0. The van der Waals surface area contributed by atoms with E-state index in [2.05, 4.69) is 61.1 Å². The molecule has 0 unspecified atom stereocenters. The molecule has 3 aliphatic rings. The van der Waals surface area contributed by atoms with E-state index in [1.807, 2.05) is 44.2 Å². The molecule has 10 heteroatoms. The number of methoxy groups -OCH3 is 1. The maximum absolute atomic E-state index is 14.3. The van der Waals surface area contributed by atoms with Gasteiger partial charge >= 0.3 is 35.0 Å². The van der Waals surface area contributed by atoms with Crippen LogP contribution in [0.4, 0.5) is 0 Å². The number of nitrogens with zero attached hydrogens (tertiary/aromatic N) is 4. The molecule has 9 nitrogen and oxygen atoms in total. The van der Waals surface area contributed by atoms with E-state index in [1.54, 1.807) is 0 Å². The van der Waals surface area contributed by atoms with Gasteiger partial charge in [-0.05, 0) is 81.6 Å². The Morgan fingerprint density at radius 3 is 2.14 bits per heavy atom. The average molecular weight is 879 g/mol. The molecule has 0 spiro atoms. The van der Waals surface area contributed by atoms with Gasteiger partial charge in [0.15, 0.2) is 5.78 Å². The van der Waals surface area contributed by atoms with Crippen molar-refractivity contribution in [2.24, 2.45) is 35.5 Å². The molecule has 3 aromatic heterocycles. The fraction of sp³-hybridized carbons (Fsp3) is 0.537. The molecule has 2 aliphatic heterocycles. The topological polar surface area (TPSA) is 126 Å². The number of carbonyl (C=O) groups is 3. The van der Waals surface area contributed by atoms with Crippen LogP contribution in [-0.2, 0) is 25.5 Å². The molecule has 5 heterocycles. The van der Waals surface area contributed by atoms with Gasteiger partial charge in [0.1, 0.15) is 12.5 Å². The fourth-order valence-electron chi connectivity index (χ4n) is 9.88. The zero-order valence-corrected chi connectivity index (χ0v) is 41.8. The van der Waals surface area contributed by atoms with Crippen molar-refractivity contribution in [3.8, 4) is 0 Å². The van der Waals surface area contributed by atoms with Crippen LogP contribution in [0.15, 0.2) is 30.1 Å². The Labute approximate surface area is 398 Å². The molecule has 0 aromatic carbocycles. The Balaban J connectivity index is 0.00000771. The molecule has 8 bridgehead atoms. The van der Waals surface area contributed by atoms with Crippen molar-refractivity contribution >= 4 is 70.7 Å². The predicted molar refractivity (Wildman–Crippen MR) is 260 cm³/mol. The molecular formula is C54H70MgN4O5-2. The van der Waals surface area contributed by atoms with Crippen LogP contribution in [-0.4, -0.2) is 54.5 Å². The van der Waals surface area contributed by atoms with Crippen molar-refractivity contribution in [3.05, 3.63) is 102 Å². The molecule has 6 rings (SSSR count). The maximum Gasteiger partial charge on any atom is 2.00 e. The minimum atomic E-state index is -1.22. The summed E-state index contributed by atoms with van der Waals surface area (Å²) in [5.41, 5.74) is 9.47. The zero-order valence-electron chi connectivity index (χ0n) is 40.4. The van der Waals surface area contributed by atoms with Crippen molar-refractivity contribution in [1.82, 2.24) is 15.0 Å². The summed E-state index contributed by atoms with van der Waals surface area (Å²) in [6.07, 6.45) is 24.4. The molecule has 1 aliphatic carbocycles. The molecule has 3 aromatic rings. The van der Waals surface area contributed by atoms with Gasteiger partial charge in [-0.25, -0.2) is 0 Å². The van der Waals surface area contributed by atoms with E-state index in [-0.39, 0.29) is 59.7 Å². The Morgan fingerprint density at radius 1 is 0.828 bits per heavy atom. The molecular weight excluding hydrogens is 809 g/mol. The SMILES string of the molecule is C=Cc1c2[n-]c(c1C)/C=C1\[N-]/C(=C3\c4[n-]c(c(C)c4C(=O)[C@@H]3C(=O)OC)/C=c3\[n-]/c(c(C)c3CC)=C\2)[C@@H](CCC(=O)OC/C=C/CCC[C@H](C)CCC[C@H](C)CCCC(C)C)[C@@H]1C.[Mg+2]. The van der Waals surface area contributed by atoms with E-state index in [9.17, 15) is 14.4 Å². The third kappa shape index (κ3) is 11.2. The van der Waals surface area contributed by atoms with Gasteiger partial charge in [-0.3, -0.25) is 14.4 Å². The fourth-order valence-corrected chi connectivity index (χ4v) is 9.88. The number of unbranched alkanes of at least 4 members (excludes halogenated alkanes) is 1. The molecule has 1 fully saturated rings. The van der Waals surface area contributed by atoms with E-state index in [1.165, 1.54) is 52.1 Å². The Kier molecular flexibility index (Phi) is 18.0. The second-order valence-electron chi connectivity index (χ2n) is 18.9. The van der Waals surface area contributed by atoms with Gasteiger partial charge < -0.3 is 29.7 Å². The van der Waals surface area contributed by atoms with Crippen LogP contribution in [0, 0.1) is 56.3 Å². The summed E-state index contributed by atoms with van der Waals surface area (Å²) in [5.74, 6) is -0.699. The largest absolute Gasteiger partial charge is 2.00 e. The molecule has 0 radical (unpaired) electrons. The number of esters is 2. The van der Waals surface area contributed by atoms with Crippen LogP contribution < -0.4 is 25.7 Å². The number of aromatic nitrogens is 3. The van der Waals surface area contributed by atoms with Gasteiger partial charge in [0.05, 0.1) is 7.11 Å². The molecule has 0 amide bonds. The number of carbonyl (C=O) groups excluding carboxylic acids is 3. The van der Waals surface area contributed by atoms with Crippen molar-refractivity contribution < 1.29 is 23.9 Å². The maximum atomic E-state index is 14.3. The minimum Gasteiger partial charge on any atom is -0.664 e. The quantitative estimate of drug-likeness (QED) is 0.0361. The summed E-state index contributed by atoms with van der Waals surface area (Å²) >= 11 is 0. The summed E-state index contributed by atoms with van der Waals surface area (Å²) in [5, 5.41) is 6.82. The van der Waals surface area contributed by atoms with Gasteiger partial charge in [0.2, 0.25) is 0 Å². The summed E-state index contributed by atoms with van der Waals surface area (Å²) in [4.78, 5) is 56.4. The van der Waals surface area contributed by atoms with Crippen LogP contribution >= 0.6 is 0 Å². The van der Waals surface area contributed by atoms with E-state index >= 15 is 0 Å². The number of fused-ring (bicyclic) bond motifs is 7. The van der Waals surface area contributed by atoms with Crippen LogP contribution in [0.1, 0.15) is 173 Å². The van der Waals surface area contributed by atoms with Gasteiger partial charge in [-0.15, -0.1) is 33.5 Å². The van der Waals surface area contributed by atoms with Crippen LogP contribution in [0.5, 0.6) is 0 Å².